The molecule has 1 unspecified atom stereocenters. The van der Waals surface area contributed by atoms with Gasteiger partial charge in [0.15, 0.2) is 0 Å². The summed E-state index contributed by atoms with van der Waals surface area (Å²) in [6.07, 6.45) is 6.71. The number of allylic oxidation sites excluding steroid dienone is 2. The summed E-state index contributed by atoms with van der Waals surface area (Å²) in [5, 5.41) is 0. The fourth-order valence-corrected chi connectivity index (χ4v) is 1.46. The number of nitrogens with two attached hydrogens (primary N) is 1. The van der Waals surface area contributed by atoms with E-state index in [1.807, 2.05) is 12.1 Å². The van der Waals surface area contributed by atoms with Crippen LogP contribution < -0.4 is 5.73 Å². The Bertz CT molecular complexity index is 285. The predicted molar refractivity (Wildman–Crippen MR) is 63.2 cm³/mol. The van der Waals surface area contributed by atoms with E-state index >= 15 is 0 Å². The third-order valence-corrected chi connectivity index (χ3v) is 2.24. The smallest absolute Gasteiger partial charge is 0.0314 e. The summed E-state index contributed by atoms with van der Waals surface area (Å²) in [4.78, 5) is 0. The van der Waals surface area contributed by atoms with Gasteiger partial charge in [-0.1, -0.05) is 38.1 Å². The molecule has 0 radical (unpaired) electrons. The molecule has 0 aliphatic rings. The summed E-state index contributed by atoms with van der Waals surface area (Å²) in [6.45, 7) is 4.40. The van der Waals surface area contributed by atoms with Crippen LogP contribution in [0.4, 0.5) is 5.69 Å². The van der Waals surface area contributed by atoms with Crippen LogP contribution in [-0.4, -0.2) is 0 Å². The van der Waals surface area contributed by atoms with Crippen molar-refractivity contribution in [2.45, 2.75) is 26.7 Å². The van der Waals surface area contributed by atoms with E-state index in [4.69, 9.17) is 5.73 Å². The second-order valence-corrected chi connectivity index (χ2v) is 3.76. The number of benzene rings is 1. The SMILES string of the molecule is CC/C=C\C(C)Cc1ccc(N)cc1. The van der Waals surface area contributed by atoms with Crippen molar-refractivity contribution in [1.82, 2.24) is 0 Å². The fraction of sp³-hybridized carbons (Fsp3) is 0.385. The Morgan fingerprint density at radius 3 is 2.50 bits per heavy atom. The van der Waals surface area contributed by atoms with Gasteiger partial charge < -0.3 is 5.73 Å². The molecule has 0 amide bonds. The highest BCUT2D eigenvalue weighted by atomic mass is 14.5. The van der Waals surface area contributed by atoms with Gasteiger partial charge in [0.1, 0.15) is 0 Å². The van der Waals surface area contributed by atoms with Crippen molar-refractivity contribution >= 4 is 5.69 Å². The second kappa shape index (κ2) is 5.48. The Labute approximate surface area is 86.6 Å². The van der Waals surface area contributed by atoms with Gasteiger partial charge >= 0.3 is 0 Å². The van der Waals surface area contributed by atoms with E-state index in [2.05, 4.69) is 38.1 Å². The largest absolute Gasteiger partial charge is 0.399 e. The van der Waals surface area contributed by atoms with Gasteiger partial charge in [0.05, 0.1) is 0 Å². The zero-order chi connectivity index (χ0) is 10.4. The van der Waals surface area contributed by atoms with Crippen LogP contribution in [0.25, 0.3) is 0 Å². The molecule has 0 fully saturated rings. The molecule has 2 N–H and O–H groups in total. The number of rotatable bonds is 4. The van der Waals surface area contributed by atoms with Crippen LogP contribution in [0.5, 0.6) is 0 Å². The van der Waals surface area contributed by atoms with Crippen molar-refractivity contribution in [1.29, 1.82) is 0 Å². The first-order chi connectivity index (χ1) is 6.72. The van der Waals surface area contributed by atoms with Gasteiger partial charge in [-0.05, 0) is 36.5 Å². The monoisotopic (exact) mass is 189 g/mol. The highest BCUT2D eigenvalue weighted by molar-refractivity contribution is 5.39. The molecule has 0 spiro atoms. The molecule has 0 heterocycles. The number of anilines is 1. The zero-order valence-electron chi connectivity index (χ0n) is 9.03. The molecule has 0 saturated heterocycles. The Hall–Kier alpha value is -1.24. The Kier molecular flexibility index (Phi) is 4.24. The maximum absolute atomic E-state index is 5.62. The molecule has 1 aromatic carbocycles. The normalized spacial score (nSPS) is 13.3. The third kappa shape index (κ3) is 3.65. The summed E-state index contributed by atoms with van der Waals surface area (Å²) >= 11 is 0. The Morgan fingerprint density at radius 1 is 1.29 bits per heavy atom. The van der Waals surface area contributed by atoms with E-state index in [-0.39, 0.29) is 0 Å². The molecule has 1 rings (SSSR count). The first-order valence-corrected chi connectivity index (χ1v) is 5.23. The van der Waals surface area contributed by atoms with Crippen molar-refractivity contribution in [2.24, 2.45) is 5.92 Å². The van der Waals surface area contributed by atoms with Crippen molar-refractivity contribution in [2.75, 3.05) is 5.73 Å². The molecular weight excluding hydrogens is 170 g/mol. The van der Waals surface area contributed by atoms with E-state index in [0.29, 0.717) is 5.92 Å². The molecule has 1 aromatic rings. The van der Waals surface area contributed by atoms with Gasteiger partial charge in [-0.15, -0.1) is 0 Å². The number of nitrogen functional groups attached to an aromatic ring is 1. The van der Waals surface area contributed by atoms with Gasteiger partial charge in [0.25, 0.3) is 0 Å². The topological polar surface area (TPSA) is 26.0 Å². The minimum Gasteiger partial charge on any atom is -0.399 e. The quantitative estimate of drug-likeness (QED) is 0.570. The zero-order valence-corrected chi connectivity index (χ0v) is 9.03. The van der Waals surface area contributed by atoms with E-state index in [1.54, 1.807) is 0 Å². The van der Waals surface area contributed by atoms with Crippen molar-refractivity contribution in [3.05, 3.63) is 42.0 Å². The highest BCUT2D eigenvalue weighted by Crippen LogP contribution is 2.12. The van der Waals surface area contributed by atoms with Crippen molar-refractivity contribution < 1.29 is 0 Å². The molecule has 1 atom stereocenters. The minimum atomic E-state index is 0.610. The summed E-state index contributed by atoms with van der Waals surface area (Å²) in [6, 6.07) is 8.13. The van der Waals surface area contributed by atoms with Gasteiger partial charge in [-0.2, -0.15) is 0 Å². The van der Waals surface area contributed by atoms with E-state index in [9.17, 15) is 0 Å². The molecular formula is C13H19N. The van der Waals surface area contributed by atoms with Crippen LogP contribution in [0, 0.1) is 5.92 Å². The Balaban J connectivity index is 2.51. The standard InChI is InChI=1S/C13H19N/c1-3-4-5-11(2)10-12-6-8-13(14)9-7-12/h4-9,11H,3,10,14H2,1-2H3/b5-4-. The Morgan fingerprint density at radius 2 is 1.93 bits per heavy atom. The lowest BCUT2D eigenvalue weighted by molar-refractivity contribution is 0.720. The van der Waals surface area contributed by atoms with Crippen LogP contribution >= 0.6 is 0 Å². The molecule has 0 aromatic heterocycles. The summed E-state index contributed by atoms with van der Waals surface area (Å²) < 4.78 is 0. The van der Waals surface area contributed by atoms with Gasteiger partial charge in [-0.25, -0.2) is 0 Å². The average Bonchev–Trinajstić information content (AvgIpc) is 2.18. The second-order valence-electron chi connectivity index (χ2n) is 3.76. The van der Waals surface area contributed by atoms with Crippen LogP contribution in [0.3, 0.4) is 0 Å². The molecule has 0 aliphatic heterocycles. The molecule has 0 bridgehead atoms. The van der Waals surface area contributed by atoms with E-state index in [0.717, 1.165) is 18.5 Å². The van der Waals surface area contributed by atoms with Gasteiger partial charge in [-0.3, -0.25) is 0 Å². The predicted octanol–water partition coefficient (Wildman–Crippen LogP) is 3.41. The van der Waals surface area contributed by atoms with Gasteiger partial charge in [0.2, 0.25) is 0 Å². The molecule has 14 heavy (non-hydrogen) atoms. The highest BCUT2D eigenvalue weighted by Gasteiger charge is 1.98. The van der Waals surface area contributed by atoms with Crippen LogP contribution in [0.2, 0.25) is 0 Å². The third-order valence-electron chi connectivity index (χ3n) is 2.24. The van der Waals surface area contributed by atoms with Crippen LogP contribution in [0.15, 0.2) is 36.4 Å². The lowest BCUT2D eigenvalue weighted by Crippen LogP contribution is -1.96. The van der Waals surface area contributed by atoms with Crippen LogP contribution in [-0.2, 0) is 6.42 Å². The molecule has 0 aliphatic carbocycles. The minimum absolute atomic E-state index is 0.610. The first kappa shape index (κ1) is 10.8. The van der Waals surface area contributed by atoms with E-state index < -0.39 is 0 Å². The average molecular weight is 189 g/mol. The summed E-state index contributed by atoms with van der Waals surface area (Å²) in [5.74, 6) is 0.610. The van der Waals surface area contributed by atoms with Crippen molar-refractivity contribution in [3.63, 3.8) is 0 Å². The summed E-state index contributed by atoms with van der Waals surface area (Å²) in [7, 11) is 0. The van der Waals surface area contributed by atoms with Crippen LogP contribution in [0.1, 0.15) is 25.8 Å². The fourth-order valence-electron chi connectivity index (χ4n) is 1.46. The first-order valence-electron chi connectivity index (χ1n) is 5.23. The molecule has 1 nitrogen and oxygen atoms in total. The summed E-state index contributed by atoms with van der Waals surface area (Å²) in [5.41, 5.74) is 7.82. The molecule has 0 saturated carbocycles. The van der Waals surface area contributed by atoms with Gasteiger partial charge in [0, 0.05) is 5.69 Å². The number of hydrogen-bond acceptors (Lipinski definition) is 1. The van der Waals surface area contributed by atoms with Crippen molar-refractivity contribution in [3.8, 4) is 0 Å². The van der Waals surface area contributed by atoms with E-state index in [1.165, 1.54) is 5.56 Å². The lowest BCUT2D eigenvalue weighted by atomic mass is 10.0. The maximum atomic E-state index is 5.62. The lowest BCUT2D eigenvalue weighted by Gasteiger charge is -2.06. The maximum Gasteiger partial charge on any atom is 0.0314 e. The molecule has 1 heteroatoms. The molecule has 76 valence electrons. The number of hydrogen-bond donors (Lipinski definition) is 1.